The number of ether oxygens (including phenoxy) is 1. The van der Waals surface area contributed by atoms with Gasteiger partial charge in [0.15, 0.2) is 0 Å². The van der Waals surface area contributed by atoms with Crippen LogP contribution in [0.3, 0.4) is 0 Å². The maximum absolute atomic E-state index is 11.8. The predicted octanol–water partition coefficient (Wildman–Crippen LogP) is 1.24. The van der Waals surface area contributed by atoms with Crippen LogP contribution >= 0.6 is 0 Å². The van der Waals surface area contributed by atoms with Crippen molar-refractivity contribution in [1.82, 2.24) is 20.4 Å². The lowest BCUT2D eigenvalue weighted by Crippen LogP contribution is -2.50. The Kier molecular flexibility index (Phi) is 5.10. The lowest BCUT2D eigenvalue weighted by molar-refractivity contribution is -0.124. The van der Waals surface area contributed by atoms with Crippen molar-refractivity contribution in [2.24, 2.45) is 5.92 Å². The van der Waals surface area contributed by atoms with Crippen molar-refractivity contribution >= 4 is 5.91 Å². The zero-order valence-electron chi connectivity index (χ0n) is 13.3. The number of nitrogens with one attached hydrogen (secondary N) is 2. The van der Waals surface area contributed by atoms with E-state index in [1.54, 1.807) is 0 Å². The molecule has 122 valence electrons. The molecule has 22 heavy (non-hydrogen) atoms. The van der Waals surface area contributed by atoms with Gasteiger partial charge >= 0.3 is 0 Å². The number of hydrogen-bond donors (Lipinski definition) is 2. The van der Waals surface area contributed by atoms with E-state index in [1.165, 1.54) is 0 Å². The van der Waals surface area contributed by atoms with Crippen LogP contribution in [-0.2, 0) is 16.1 Å². The third-order valence-electron chi connectivity index (χ3n) is 4.78. The Morgan fingerprint density at radius 2 is 2.23 bits per heavy atom. The Balaban J connectivity index is 1.66. The van der Waals surface area contributed by atoms with E-state index in [9.17, 15) is 4.79 Å². The van der Waals surface area contributed by atoms with Crippen LogP contribution < -0.4 is 10.6 Å². The number of carbonyl (C=O) groups excluding carboxylic acids is 1. The van der Waals surface area contributed by atoms with Gasteiger partial charge in [0.2, 0.25) is 5.91 Å². The Labute approximate surface area is 131 Å². The molecule has 2 fully saturated rings. The quantitative estimate of drug-likeness (QED) is 0.859. The summed E-state index contributed by atoms with van der Waals surface area (Å²) in [6, 6.07) is 2.31. The standard InChI is InChI=1S/C16H26N4O2/c1-2-20-14(5-8-18-20)16-13(3-4-15(21)19-16)17-11-12-6-9-22-10-7-12/h5,8,12-13,16-17H,2-4,6-7,9-11H2,1H3,(H,19,21). The van der Waals surface area contributed by atoms with Crippen molar-refractivity contribution in [3.8, 4) is 0 Å². The van der Waals surface area contributed by atoms with Gasteiger partial charge in [0.25, 0.3) is 0 Å². The van der Waals surface area contributed by atoms with E-state index in [2.05, 4.69) is 22.7 Å². The summed E-state index contributed by atoms with van der Waals surface area (Å²) in [5, 5.41) is 11.2. The third kappa shape index (κ3) is 3.50. The summed E-state index contributed by atoms with van der Waals surface area (Å²) >= 11 is 0. The number of carbonyl (C=O) groups is 1. The van der Waals surface area contributed by atoms with Crippen LogP contribution in [0.4, 0.5) is 0 Å². The summed E-state index contributed by atoms with van der Waals surface area (Å²) in [7, 11) is 0. The Morgan fingerprint density at radius 3 is 3.00 bits per heavy atom. The topological polar surface area (TPSA) is 68.2 Å². The summed E-state index contributed by atoms with van der Waals surface area (Å²) in [5.74, 6) is 0.820. The molecule has 2 saturated heterocycles. The van der Waals surface area contributed by atoms with E-state index in [1.807, 2.05) is 16.9 Å². The fraction of sp³-hybridized carbons (Fsp3) is 0.750. The van der Waals surface area contributed by atoms with Crippen LogP contribution in [-0.4, -0.2) is 41.5 Å². The fourth-order valence-electron chi connectivity index (χ4n) is 3.44. The van der Waals surface area contributed by atoms with Crippen molar-refractivity contribution in [3.05, 3.63) is 18.0 Å². The predicted molar refractivity (Wildman–Crippen MR) is 83.4 cm³/mol. The number of aryl methyl sites for hydroxylation is 1. The summed E-state index contributed by atoms with van der Waals surface area (Å²) in [6.07, 6.45) is 5.55. The van der Waals surface area contributed by atoms with Gasteiger partial charge in [-0.3, -0.25) is 9.48 Å². The molecule has 1 aromatic heterocycles. The minimum atomic E-state index is 0.0172. The third-order valence-corrected chi connectivity index (χ3v) is 4.78. The van der Waals surface area contributed by atoms with Crippen LogP contribution in [0.1, 0.15) is 44.3 Å². The van der Waals surface area contributed by atoms with Gasteiger partial charge in [-0.1, -0.05) is 0 Å². The number of piperidine rings is 1. The van der Waals surface area contributed by atoms with E-state index >= 15 is 0 Å². The largest absolute Gasteiger partial charge is 0.381 e. The molecule has 0 saturated carbocycles. The Morgan fingerprint density at radius 1 is 1.41 bits per heavy atom. The maximum atomic E-state index is 11.8. The first-order valence-electron chi connectivity index (χ1n) is 8.40. The molecule has 3 rings (SSSR count). The van der Waals surface area contributed by atoms with Gasteiger partial charge < -0.3 is 15.4 Å². The highest BCUT2D eigenvalue weighted by atomic mass is 16.5. The summed E-state index contributed by atoms with van der Waals surface area (Å²) in [5.41, 5.74) is 1.10. The SMILES string of the molecule is CCn1nccc1C1NC(=O)CCC1NCC1CCOCC1. The number of aromatic nitrogens is 2. The number of amides is 1. The smallest absolute Gasteiger partial charge is 0.220 e. The van der Waals surface area contributed by atoms with Crippen molar-refractivity contribution in [2.75, 3.05) is 19.8 Å². The van der Waals surface area contributed by atoms with Crippen LogP contribution in [0.5, 0.6) is 0 Å². The molecule has 1 aromatic rings. The molecule has 0 spiro atoms. The highest BCUT2D eigenvalue weighted by molar-refractivity contribution is 5.77. The normalized spacial score (nSPS) is 26.9. The van der Waals surface area contributed by atoms with Gasteiger partial charge in [-0.15, -0.1) is 0 Å². The van der Waals surface area contributed by atoms with Gasteiger partial charge in [-0.25, -0.2) is 0 Å². The van der Waals surface area contributed by atoms with Gasteiger partial charge in [-0.05, 0) is 44.7 Å². The van der Waals surface area contributed by atoms with Gasteiger partial charge in [0.1, 0.15) is 0 Å². The molecular formula is C16H26N4O2. The number of nitrogens with zero attached hydrogens (tertiary/aromatic N) is 2. The Hall–Kier alpha value is -1.40. The van der Waals surface area contributed by atoms with Crippen molar-refractivity contribution in [3.63, 3.8) is 0 Å². The lowest BCUT2D eigenvalue weighted by atomic mass is 9.93. The first-order chi connectivity index (χ1) is 10.8. The summed E-state index contributed by atoms with van der Waals surface area (Å²) in [4.78, 5) is 11.8. The van der Waals surface area contributed by atoms with E-state index in [4.69, 9.17) is 4.74 Å². The minimum absolute atomic E-state index is 0.0172. The average Bonchev–Trinajstić information content (AvgIpc) is 3.03. The Bertz CT molecular complexity index is 496. The summed E-state index contributed by atoms with van der Waals surface area (Å²) < 4.78 is 7.39. The van der Waals surface area contributed by atoms with Crippen molar-refractivity contribution < 1.29 is 9.53 Å². The first-order valence-corrected chi connectivity index (χ1v) is 8.40. The second-order valence-corrected chi connectivity index (χ2v) is 6.23. The van der Waals surface area contributed by atoms with Crippen LogP contribution in [0.25, 0.3) is 0 Å². The maximum Gasteiger partial charge on any atom is 0.220 e. The molecule has 0 bridgehead atoms. The van der Waals surface area contributed by atoms with Gasteiger partial charge in [0, 0.05) is 38.4 Å². The fourth-order valence-corrected chi connectivity index (χ4v) is 3.44. The van der Waals surface area contributed by atoms with Crippen molar-refractivity contribution in [2.45, 2.75) is 51.2 Å². The summed E-state index contributed by atoms with van der Waals surface area (Å²) in [6.45, 7) is 5.65. The molecule has 2 atom stereocenters. The molecule has 2 aliphatic rings. The van der Waals surface area contributed by atoms with Gasteiger partial charge in [-0.2, -0.15) is 5.10 Å². The molecule has 0 aliphatic carbocycles. The molecular weight excluding hydrogens is 280 g/mol. The molecule has 2 unspecified atom stereocenters. The second kappa shape index (κ2) is 7.24. The molecule has 2 N–H and O–H groups in total. The zero-order chi connectivity index (χ0) is 15.4. The molecule has 0 radical (unpaired) electrons. The zero-order valence-corrected chi connectivity index (χ0v) is 13.3. The van der Waals surface area contributed by atoms with E-state index in [0.29, 0.717) is 12.3 Å². The van der Waals surface area contributed by atoms with E-state index in [0.717, 1.165) is 51.3 Å². The minimum Gasteiger partial charge on any atom is -0.381 e. The number of hydrogen-bond acceptors (Lipinski definition) is 4. The van der Waals surface area contributed by atoms with E-state index in [-0.39, 0.29) is 18.0 Å². The first kappa shape index (κ1) is 15.5. The molecule has 6 heteroatoms. The van der Waals surface area contributed by atoms with Crippen LogP contribution in [0.2, 0.25) is 0 Å². The van der Waals surface area contributed by atoms with Crippen molar-refractivity contribution in [1.29, 1.82) is 0 Å². The highest BCUT2D eigenvalue weighted by Gasteiger charge is 2.32. The highest BCUT2D eigenvalue weighted by Crippen LogP contribution is 2.25. The molecule has 1 amide bonds. The lowest BCUT2D eigenvalue weighted by Gasteiger charge is -2.34. The van der Waals surface area contributed by atoms with Crippen LogP contribution in [0.15, 0.2) is 12.3 Å². The van der Waals surface area contributed by atoms with Gasteiger partial charge in [0.05, 0.1) is 11.7 Å². The molecule has 0 aromatic carbocycles. The monoisotopic (exact) mass is 306 g/mol. The number of rotatable bonds is 5. The molecule has 6 nitrogen and oxygen atoms in total. The van der Waals surface area contributed by atoms with Crippen LogP contribution in [0, 0.1) is 5.92 Å². The molecule has 2 aliphatic heterocycles. The second-order valence-electron chi connectivity index (χ2n) is 6.23. The molecule has 3 heterocycles. The average molecular weight is 306 g/mol. The van der Waals surface area contributed by atoms with E-state index < -0.39 is 0 Å².